The maximum Gasteiger partial charge on any atom is 0.411 e. The van der Waals surface area contributed by atoms with Crippen molar-refractivity contribution in [3.63, 3.8) is 0 Å². The molecule has 2 N–H and O–H groups in total. The predicted molar refractivity (Wildman–Crippen MR) is 57.7 cm³/mol. The second kappa shape index (κ2) is 5.54. The molecular formula is C11H20F3NO2. The van der Waals surface area contributed by atoms with E-state index >= 15 is 0 Å². The van der Waals surface area contributed by atoms with Crippen LogP contribution in [0.1, 0.15) is 33.1 Å². The molecule has 0 saturated heterocycles. The number of alkyl halides is 3. The molecule has 2 unspecified atom stereocenters. The molecule has 0 bridgehead atoms. The fourth-order valence-corrected chi connectivity index (χ4v) is 1.82. The summed E-state index contributed by atoms with van der Waals surface area (Å²) < 4.78 is 40.6. The van der Waals surface area contributed by atoms with Gasteiger partial charge in [0.2, 0.25) is 0 Å². The molecule has 2 atom stereocenters. The van der Waals surface area contributed by atoms with Gasteiger partial charge >= 0.3 is 6.18 Å². The number of halogens is 3. The number of nitrogens with one attached hydrogen (secondary N) is 1. The van der Waals surface area contributed by atoms with Crippen LogP contribution in [0.25, 0.3) is 0 Å². The largest absolute Gasteiger partial charge is 0.411 e. The standard InChI is InChI=1S/C11H20F3NO2/c1-8(17-7-11(12,13)14)5-10(2,6-16)15-9-3-4-9/h8-9,15-16H,3-7H2,1-2H3. The number of aliphatic hydroxyl groups is 1. The highest BCUT2D eigenvalue weighted by Gasteiger charge is 2.34. The third-order valence-corrected chi connectivity index (χ3v) is 2.75. The van der Waals surface area contributed by atoms with Crippen molar-refractivity contribution in [1.29, 1.82) is 0 Å². The van der Waals surface area contributed by atoms with Gasteiger partial charge in [0.15, 0.2) is 0 Å². The third-order valence-electron chi connectivity index (χ3n) is 2.75. The Balaban J connectivity index is 2.33. The predicted octanol–water partition coefficient (Wildman–Crippen LogP) is 1.85. The molecule has 0 spiro atoms. The van der Waals surface area contributed by atoms with Crippen molar-refractivity contribution >= 4 is 0 Å². The van der Waals surface area contributed by atoms with Crippen LogP contribution >= 0.6 is 0 Å². The molecular weight excluding hydrogens is 235 g/mol. The monoisotopic (exact) mass is 255 g/mol. The lowest BCUT2D eigenvalue weighted by molar-refractivity contribution is -0.185. The highest BCUT2D eigenvalue weighted by Crippen LogP contribution is 2.25. The third kappa shape index (κ3) is 6.24. The highest BCUT2D eigenvalue weighted by molar-refractivity contribution is 4.93. The van der Waals surface area contributed by atoms with Crippen molar-refractivity contribution in [2.45, 2.75) is 57.0 Å². The zero-order valence-corrected chi connectivity index (χ0v) is 10.2. The van der Waals surface area contributed by atoms with Crippen LogP contribution in [0.15, 0.2) is 0 Å². The number of hydrogen-bond donors (Lipinski definition) is 2. The molecule has 6 heteroatoms. The average Bonchev–Trinajstić information content (AvgIpc) is 2.97. The molecule has 1 rings (SSSR count). The van der Waals surface area contributed by atoms with Gasteiger partial charge in [0.1, 0.15) is 6.61 Å². The summed E-state index contributed by atoms with van der Waals surface area (Å²) in [5.74, 6) is 0. The van der Waals surface area contributed by atoms with E-state index in [1.54, 1.807) is 13.8 Å². The number of aliphatic hydroxyl groups excluding tert-OH is 1. The minimum absolute atomic E-state index is 0.108. The molecule has 102 valence electrons. The van der Waals surface area contributed by atoms with Crippen LogP contribution in [-0.4, -0.2) is 42.2 Å². The van der Waals surface area contributed by atoms with Crippen LogP contribution in [0.4, 0.5) is 13.2 Å². The molecule has 0 aromatic carbocycles. The second-order valence-corrected chi connectivity index (χ2v) is 5.08. The number of hydrogen-bond acceptors (Lipinski definition) is 3. The number of ether oxygens (including phenoxy) is 1. The van der Waals surface area contributed by atoms with E-state index in [0.29, 0.717) is 12.5 Å². The van der Waals surface area contributed by atoms with Gasteiger partial charge in [-0.05, 0) is 33.1 Å². The first-order valence-electron chi connectivity index (χ1n) is 5.81. The van der Waals surface area contributed by atoms with Crippen LogP contribution < -0.4 is 5.32 Å². The van der Waals surface area contributed by atoms with Gasteiger partial charge in [-0.3, -0.25) is 0 Å². The summed E-state index contributed by atoms with van der Waals surface area (Å²) in [6, 6.07) is 0.391. The fraction of sp³-hybridized carbons (Fsp3) is 1.00. The van der Waals surface area contributed by atoms with E-state index in [0.717, 1.165) is 12.8 Å². The molecule has 0 aromatic heterocycles. The molecule has 0 radical (unpaired) electrons. The van der Waals surface area contributed by atoms with Crippen LogP contribution in [-0.2, 0) is 4.74 Å². The Bertz CT molecular complexity index is 243. The quantitative estimate of drug-likeness (QED) is 0.729. The summed E-state index contributed by atoms with van der Waals surface area (Å²) in [5.41, 5.74) is -0.563. The SMILES string of the molecule is CC(CC(C)(CO)NC1CC1)OCC(F)(F)F. The molecule has 1 fully saturated rings. The van der Waals surface area contributed by atoms with Crippen molar-refractivity contribution in [2.75, 3.05) is 13.2 Å². The van der Waals surface area contributed by atoms with Gasteiger partial charge in [-0.1, -0.05) is 0 Å². The molecule has 0 heterocycles. The van der Waals surface area contributed by atoms with Crippen molar-refractivity contribution < 1.29 is 23.0 Å². The average molecular weight is 255 g/mol. The van der Waals surface area contributed by atoms with Crippen molar-refractivity contribution in [3.8, 4) is 0 Å². The topological polar surface area (TPSA) is 41.5 Å². The van der Waals surface area contributed by atoms with E-state index in [9.17, 15) is 18.3 Å². The van der Waals surface area contributed by atoms with Crippen LogP contribution in [0, 0.1) is 0 Å². The maximum absolute atomic E-state index is 12.0. The van der Waals surface area contributed by atoms with E-state index in [1.807, 2.05) is 0 Å². The second-order valence-electron chi connectivity index (χ2n) is 5.08. The summed E-state index contributed by atoms with van der Waals surface area (Å²) in [4.78, 5) is 0. The lowest BCUT2D eigenvalue weighted by Crippen LogP contribution is -2.49. The Kier molecular flexibility index (Phi) is 4.80. The molecule has 0 aliphatic heterocycles. The van der Waals surface area contributed by atoms with Gasteiger partial charge in [-0.2, -0.15) is 13.2 Å². The van der Waals surface area contributed by atoms with Crippen LogP contribution in [0.3, 0.4) is 0 Å². The van der Waals surface area contributed by atoms with Gasteiger partial charge in [0.05, 0.1) is 12.7 Å². The summed E-state index contributed by atoms with van der Waals surface area (Å²) in [6.07, 6.45) is -2.36. The first-order valence-corrected chi connectivity index (χ1v) is 5.81. The van der Waals surface area contributed by atoms with Gasteiger partial charge in [-0.15, -0.1) is 0 Å². The van der Waals surface area contributed by atoms with Crippen LogP contribution in [0.5, 0.6) is 0 Å². The van der Waals surface area contributed by atoms with E-state index < -0.39 is 24.4 Å². The molecule has 17 heavy (non-hydrogen) atoms. The van der Waals surface area contributed by atoms with Gasteiger partial charge in [0.25, 0.3) is 0 Å². The minimum Gasteiger partial charge on any atom is -0.394 e. The Morgan fingerprint density at radius 3 is 2.41 bits per heavy atom. The normalized spacial score (nSPS) is 22.2. The summed E-state index contributed by atoms with van der Waals surface area (Å²) >= 11 is 0. The van der Waals surface area contributed by atoms with E-state index in [2.05, 4.69) is 5.32 Å². The van der Waals surface area contributed by atoms with Crippen molar-refractivity contribution in [2.24, 2.45) is 0 Å². The summed E-state index contributed by atoms with van der Waals surface area (Å²) in [5, 5.41) is 12.5. The smallest absolute Gasteiger partial charge is 0.394 e. The number of rotatable bonds is 7. The van der Waals surface area contributed by atoms with Gasteiger partial charge < -0.3 is 15.2 Å². The zero-order chi connectivity index (χ0) is 13.1. The summed E-state index contributed by atoms with van der Waals surface area (Å²) in [6.45, 7) is 2.05. The highest BCUT2D eigenvalue weighted by atomic mass is 19.4. The fourth-order valence-electron chi connectivity index (χ4n) is 1.82. The zero-order valence-electron chi connectivity index (χ0n) is 10.2. The molecule has 0 amide bonds. The Hall–Kier alpha value is -0.330. The molecule has 1 aliphatic rings. The first kappa shape index (κ1) is 14.7. The lowest BCUT2D eigenvalue weighted by atomic mass is 9.95. The Morgan fingerprint density at radius 1 is 1.41 bits per heavy atom. The van der Waals surface area contributed by atoms with Crippen LogP contribution in [0.2, 0.25) is 0 Å². The molecule has 1 aliphatic carbocycles. The van der Waals surface area contributed by atoms with Crippen molar-refractivity contribution in [1.82, 2.24) is 5.32 Å². The van der Waals surface area contributed by atoms with Crippen molar-refractivity contribution in [3.05, 3.63) is 0 Å². The maximum atomic E-state index is 12.0. The van der Waals surface area contributed by atoms with Gasteiger partial charge in [0, 0.05) is 11.6 Å². The molecule has 0 aromatic rings. The van der Waals surface area contributed by atoms with E-state index in [1.165, 1.54) is 0 Å². The summed E-state index contributed by atoms with van der Waals surface area (Å²) in [7, 11) is 0. The van der Waals surface area contributed by atoms with E-state index in [4.69, 9.17) is 4.74 Å². The molecule has 3 nitrogen and oxygen atoms in total. The Morgan fingerprint density at radius 2 is 2.00 bits per heavy atom. The van der Waals surface area contributed by atoms with E-state index in [-0.39, 0.29) is 6.61 Å². The van der Waals surface area contributed by atoms with Gasteiger partial charge in [-0.25, -0.2) is 0 Å². The minimum atomic E-state index is -4.30. The lowest BCUT2D eigenvalue weighted by Gasteiger charge is -2.31. The first-order chi connectivity index (χ1) is 7.74. The Labute approximate surface area is 99.3 Å². The molecule has 1 saturated carbocycles.